The Morgan fingerprint density at radius 1 is 1.14 bits per heavy atom. The predicted molar refractivity (Wildman–Crippen MR) is 111 cm³/mol. The lowest BCUT2D eigenvalue weighted by Crippen LogP contribution is -2.29. The molecular formula is C19H24ClN3O4S. The van der Waals surface area contributed by atoms with Gasteiger partial charge in [0.2, 0.25) is 0 Å². The predicted octanol–water partition coefficient (Wildman–Crippen LogP) is 2.66. The Morgan fingerprint density at radius 2 is 1.86 bits per heavy atom. The molecule has 2 aromatic rings. The van der Waals surface area contributed by atoms with Gasteiger partial charge in [0.25, 0.3) is 15.9 Å². The minimum Gasteiger partial charge on any atom is -0.364 e. The Bertz CT molecular complexity index is 922. The highest BCUT2D eigenvalue weighted by Crippen LogP contribution is 2.25. The van der Waals surface area contributed by atoms with Crippen LogP contribution in [0.2, 0.25) is 0 Å². The smallest absolute Gasteiger partial charge is 0.262 e. The monoisotopic (exact) mass is 425 g/mol. The summed E-state index contributed by atoms with van der Waals surface area (Å²) in [5.41, 5.74) is 7.02. The topological polar surface area (TPSA) is 111 Å². The maximum atomic E-state index is 12.7. The summed E-state index contributed by atoms with van der Waals surface area (Å²) in [4.78, 5) is 12.5. The van der Waals surface area contributed by atoms with Crippen molar-refractivity contribution in [3.63, 3.8) is 0 Å². The fourth-order valence-corrected chi connectivity index (χ4v) is 4.31. The number of anilines is 2. The van der Waals surface area contributed by atoms with Crippen LogP contribution in [0.25, 0.3) is 0 Å². The number of hydrogen-bond donors (Lipinski definition) is 3. The third kappa shape index (κ3) is 5.23. The van der Waals surface area contributed by atoms with Gasteiger partial charge >= 0.3 is 0 Å². The first-order valence-electron chi connectivity index (χ1n) is 8.74. The zero-order valence-electron chi connectivity index (χ0n) is 15.4. The number of aryl methyl sites for hydroxylation is 1. The Labute approximate surface area is 171 Å². The van der Waals surface area contributed by atoms with E-state index in [-0.39, 0.29) is 29.3 Å². The number of hydrogen-bond acceptors (Lipinski definition) is 5. The quantitative estimate of drug-likeness (QED) is 0.658. The molecule has 0 aromatic heterocycles. The van der Waals surface area contributed by atoms with Crippen LogP contribution in [0.5, 0.6) is 0 Å². The van der Waals surface area contributed by atoms with Crippen molar-refractivity contribution in [1.82, 2.24) is 0 Å². The Balaban J connectivity index is 0.00000280. The van der Waals surface area contributed by atoms with Crippen LogP contribution in [0.4, 0.5) is 11.4 Å². The molecule has 2 atom stereocenters. The first-order valence-corrected chi connectivity index (χ1v) is 10.2. The molecule has 1 heterocycles. The minimum absolute atomic E-state index is 0. The van der Waals surface area contributed by atoms with Gasteiger partial charge in [0.05, 0.1) is 11.0 Å². The van der Waals surface area contributed by atoms with E-state index in [1.807, 2.05) is 0 Å². The molecule has 4 N–H and O–H groups in total. The molecule has 1 aliphatic heterocycles. The summed E-state index contributed by atoms with van der Waals surface area (Å²) < 4.78 is 33.6. The van der Waals surface area contributed by atoms with E-state index in [0.717, 1.165) is 6.42 Å². The largest absolute Gasteiger partial charge is 0.364 e. The van der Waals surface area contributed by atoms with Crippen molar-refractivity contribution in [2.24, 2.45) is 5.73 Å². The van der Waals surface area contributed by atoms with E-state index < -0.39 is 16.1 Å². The number of carbonyl (C=O) groups is 1. The minimum atomic E-state index is -3.78. The second-order valence-corrected chi connectivity index (χ2v) is 8.15. The molecule has 1 saturated heterocycles. The number of nitrogens with one attached hydrogen (secondary N) is 2. The Hall–Kier alpha value is -2.13. The lowest BCUT2D eigenvalue weighted by Gasteiger charge is -2.15. The van der Waals surface area contributed by atoms with Crippen molar-refractivity contribution in [2.45, 2.75) is 36.9 Å². The lowest BCUT2D eigenvalue weighted by molar-refractivity contribution is -0.126. The van der Waals surface area contributed by atoms with Gasteiger partial charge in [-0.25, -0.2) is 8.42 Å². The van der Waals surface area contributed by atoms with Gasteiger partial charge in [-0.15, -0.1) is 12.4 Å². The van der Waals surface area contributed by atoms with Crippen molar-refractivity contribution in [1.29, 1.82) is 0 Å². The van der Waals surface area contributed by atoms with Crippen LogP contribution in [-0.4, -0.2) is 33.1 Å². The SMILES string of the molecule is Cc1ccc(NC(=O)[C@@H]2CC[C@H](CN)O2)cc1S(=O)(=O)Nc1ccccc1.Cl. The van der Waals surface area contributed by atoms with Crippen LogP contribution in [0, 0.1) is 6.92 Å². The van der Waals surface area contributed by atoms with Crippen molar-refractivity contribution < 1.29 is 17.9 Å². The van der Waals surface area contributed by atoms with Gasteiger partial charge in [0, 0.05) is 17.9 Å². The summed E-state index contributed by atoms with van der Waals surface area (Å²) >= 11 is 0. The van der Waals surface area contributed by atoms with E-state index in [0.29, 0.717) is 29.9 Å². The van der Waals surface area contributed by atoms with Crippen LogP contribution in [0.1, 0.15) is 18.4 Å². The first-order chi connectivity index (χ1) is 12.9. The van der Waals surface area contributed by atoms with Crippen molar-refractivity contribution in [3.05, 3.63) is 54.1 Å². The number of sulfonamides is 1. The third-order valence-electron chi connectivity index (χ3n) is 4.43. The van der Waals surface area contributed by atoms with Crippen LogP contribution >= 0.6 is 12.4 Å². The molecule has 7 nitrogen and oxygen atoms in total. The maximum absolute atomic E-state index is 12.7. The summed E-state index contributed by atoms with van der Waals surface area (Å²) in [6.45, 7) is 2.08. The van der Waals surface area contributed by atoms with Crippen molar-refractivity contribution >= 4 is 39.7 Å². The van der Waals surface area contributed by atoms with Crippen LogP contribution < -0.4 is 15.8 Å². The molecule has 1 fully saturated rings. The second kappa shape index (κ2) is 9.38. The average molecular weight is 426 g/mol. The number of halogens is 1. The zero-order chi connectivity index (χ0) is 19.4. The van der Waals surface area contributed by atoms with Crippen LogP contribution in [-0.2, 0) is 19.6 Å². The van der Waals surface area contributed by atoms with Crippen molar-refractivity contribution in [2.75, 3.05) is 16.6 Å². The van der Waals surface area contributed by atoms with Gasteiger partial charge in [0.1, 0.15) is 6.10 Å². The molecule has 9 heteroatoms. The lowest BCUT2D eigenvalue weighted by atomic mass is 10.2. The van der Waals surface area contributed by atoms with Gasteiger partial charge in [0.15, 0.2) is 0 Å². The molecule has 0 radical (unpaired) electrons. The molecule has 1 amide bonds. The van der Waals surface area contributed by atoms with E-state index >= 15 is 0 Å². The molecule has 0 aliphatic carbocycles. The normalized spacial score (nSPS) is 18.9. The molecule has 2 aromatic carbocycles. The Kier molecular flexibility index (Phi) is 7.42. The molecule has 28 heavy (non-hydrogen) atoms. The second-order valence-electron chi connectivity index (χ2n) is 6.50. The van der Waals surface area contributed by atoms with Gasteiger partial charge in [-0.05, 0) is 49.6 Å². The molecule has 3 rings (SSSR count). The highest BCUT2D eigenvalue weighted by Gasteiger charge is 2.30. The number of benzene rings is 2. The highest BCUT2D eigenvalue weighted by atomic mass is 35.5. The molecule has 0 saturated carbocycles. The first kappa shape index (κ1) is 22.2. The van der Waals surface area contributed by atoms with E-state index in [1.54, 1.807) is 49.4 Å². The van der Waals surface area contributed by atoms with Gasteiger partial charge in [-0.1, -0.05) is 24.3 Å². The Morgan fingerprint density at radius 3 is 2.50 bits per heavy atom. The highest BCUT2D eigenvalue weighted by molar-refractivity contribution is 7.92. The summed E-state index contributed by atoms with van der Waals surface area (Å²) in [7, 11) is -3.78. The van der Waals surface area contributed by atoms with Gasteiger partial charge in [-0.3, -0.25) is 9.52 Å². The maximum Gasteiger partial charge on any atom is 0.262 e. The van der Waals surface area contributed by atoms with E-state index in [2.05, 4.69) is 10.0 Å². The molecule has 0 bridgehead atoms. The number of amides is 1. The zero-order valence-corrected chi connectivity index (χ0v) is 17.1. The molecule has 0 spiro atoms. The summed E-state index contributed by atoms with van der Waals surface area (Å²) in [6, 6.07) is 13.4. The van der Waals surface area contributed by atoms with E-state index in [1.165, 1.54) is 6.07 Å². The van der Waals surface area contributed by atoms with Crippen LogP contribution in [0.15, 0.2) is 53.4 Å². The summed E-state index contributed by atoms with van der Waals surface area (Å²) in [5.74, 6) is -0.297. The van der Waals surface area contributed by atoms with E-state index in [9.17, 15) is 13.2 Å². The third-order valence-corrected chi connectivity index (χ3v) is 5.96. The molecule has 152 valence electrons. The average Bonchev–Trinajstić information content (AvgIpc) is 3.13. The van der Waals surface area contributed by atoms with Gasteiger partial charge in [-0.2, -0.15) is 0 Å². The number of ether oxygens (including phenoxy) is 1. The number of nitrogens with two attached hydrogens (primary N) is 1. The number of para-hydroxylation sites is 1. The fraction of sp³-hybridized carbons (Fsp3) is 0.316. The van der Waals surface area contributed by atoms with Crippen LogP contribution in [0.3, 0.4) is 0 Å². The van der Waals surface area contributed by atoms with Gasteiger partial charge < -0.3 is 15.8 Å². The summed E-state index contributed by atoms with van der Waals surface area (Å²) in [5, 5.41) is 2.74. The molecular weight excluding hydrogens is 402 g/mol. The number of carbonyl (C=O) groups excluding carboxylic acids is 1. The molecule has 1 aliphatic rings. The fourth-order valence-electron chi connectivity index (χ4n) is 2.98. The molecule has 0 unspecified atom stereocenters. The van der Waals surface area contributed by atoms with E-state index in [4.69, 9.17) is 10.5 Å². The van der Waals surface area contributed by atoms with Crippen molar-refractivity contribution in [3.8, 4) is 0 Å². The number of rotatable bonds is 6. The summed E-state index contributed by atoms with van der Waals surface area (Å²) in [6.07, 6.45) is 0.663. The standard InChI is InChI=1S/C19H23N3O4S.ClH/c1-13-7-8-15(21-19(23)17-10-9-16(12-20)26-17)11-18(13)27(24,25)22-14-5-3-2-4-6-14;/h2-8,11,16-17,22H,9-10,12,20H2,1H3,(H,21,23);1H/t16-,17+;/m1./s1.